The summed E-state index contributed by atoms with van der Waals surface area (Å²) in [7, 11) is 0. The van der Waals surface area contributed by atoms with Gasteiger partial charge in [-0.15, -0.1) is 11.3 Å². The molecule has 0 aliphatic carbocycles. The van der Waals surface area contributed by atoms with Crippen LogP contribution in [0, 0.1) is 12.8 Å². The molecule has 0 aliphatic heterocycles. The molecule has 1 aromatic heterocycles. The third-order valence-corrected chi connectivity index (χ3v) is 2.71. The lowest BCUT2D eigenvalue weighted by Crippen LogP contribution is -2.17. The summed E-state index contributed by atoms with van der Waals surface area (Å²) in [5.74, 6) is 0.220. The molecule has 84 valence electrons. The molecule has 3 nitrogen and oxygen atoms in total. The first-order valence-corrected chi connectivity index (χ1v) is 6.00. The summed E-state index contributed by atoms with van der Waals surface area (Å²) in [6.07, 6.45) is 0.842. The number of nitrogens with zero attached hydrogens (tertiary/aromatic N) is 1. The van der Waals surface area contributed by atoms with Gasteiger partial charge < -0.3 is 4.74 Å². The molecule has 0 amide bonds. The fourth-order valence-electron chi connectivity index (χ4n) is 1.41. The van der Waals surface area contributed by atoms with Gasteiger partial charge in [-0.25, -0.2) is 9.78 Å². The van der Waals surface area contributed by atoms with Crippen LogP contribution in [0.3, 0.4) is 0 Å². The van der Waals surface area contributed by atoms with Gasteiger partial charge >= 0.3 is 5.97 Å². The normalized spacial score (nSPS) is 12.9. The van der Waals surface area contributed by atoms with Crippen molar-refractivity contribution in [3.63, 3.8) is 0 Å². The molecule has 0 saturated carbocycles. The first-order chi connectivity index (χ1) is 6.99. The predicted octanol–water partition coefficient (Wildman–Crippen LogP) is 3.04. The maximum absolute atomic E-state index is 11.6. The highest BCUT2D eigenvalue weighted by Crippen LogP contribution is 2.13. The van der Waals surface area contributed by atoms with Crippen LogP contribution in [-0.4, -0.2) is 17.1 Å². The van der Waals surface area contributed by atoms with Crippen LogP contribution >= 0.6 is 11.3 Å². The molecule has 15 heavy (non-hydrogen) atoms. The molecule has 1 aromatic rings. The highest BCUT2D eigenvalue weighted by atomic mass is 32.1. The van der Waals surface area contributed by atoms with Gasteiger partial charge in [0, 0.05) is 5.38 Å². The zero-order valence-electron chi connectivity index (χ0n) is 9.61. The van der Waals surface area contributed by atoms with Crippen LogP contribution in [0.1, 0.15) is 42.7 Å². The van der Waals surface area contributed by atoms with E-state index in [9.17, 15) is 4.79 Å². The van der Waals surface area contributed by atoms with Gasteiger partial charge in [0.05, 0.1) is 11.1 Å². The third kappa shape index (κ3) is 4.00. The molecule has 1 heterocycles. The Morgan fingerprint density at radius 1 is 1.53 bits per heavy atom. The van der Waals surface area contributed by atoms with Crippen molar-refractivity contribution < 1.29 is 9.53 Å². The van der Waals surface area contributed by atoms with Crippen LogP contribution < -0.4 is 0 Å². The largest absolute Gasteiger partial charge is 0.458 e. The van der Waals surface area contributed by atoms with Crippen LogP contribution in [0.2, 0.25) is 0 Å². The quantitative estimate of drug-likeness (QED) is 0.742. The Kier molecular flexibility index (Phi) is 4.27. The van der Waals surface area contributed by atoms with Gasteiger partial charge in [-0.1, -0.05) is 13.8 Å². The second-order valence-electron chi connectivity index (χ2n) is 4.10. The van der Waals surface area contributed by atoms with E-state index in [0.29, 0.717) is 11.6 Å². The van der Waals surface area contributed by atoms with Crippen LogP contribution in [0.25, 0.3) is 0 Å². The lowest BCUT2D eigenvalue weighted by Gasteiger charge is -2.14. The summed E-state index contributed by atoms with van der Waals surface area (Å²) >= 11 is 1.46. The summed E-state index contributed by atoms with van der Waals surface area (Å²) in [4.78, 5) is 15.7. The van der Waals surface area contributed by atoms with Crippen LogP contribution in [0.15, 0.2) is 5.38 Å². The molecule has 0 N–H and O–H groups in total. The van der Waals surface area contributed by atoms with Crippen molar-refractivity contribution in [2.45, 2.75) is 40.2 Å². The number of aryl methyl sites for hydroxylation is 1. The summed E-state index contributed by atoms with van der Waals surface area (Å²) in [5.41, 5.74) is 0.424. The summed E-state index contributed by atoms with van der Waals surface area (Å²) in [6.45, 7) is 8.00. The van der Waals surface area contributed by atoms with Gasteiger partial charge in [0.1, 0.15) is 0 Å². The Balaban J connectivity index is 2.49. The smallest absolute Gasteiger partial charge is 0.358 e. The first-order valence-electron chi connectivity index (χ1n) is 5.12. The molecule has 0 saturated heterocycles. The number of carbonyl (C=O) groups excluding carboxylic acids is 1. The SMILES string of the molecule is Cc1nc(C(=O)O[C@@H](C)CC(C)C)cs1. The number of hydrogen-bond donors (Lipinski definition) is 0. The van der Waals surface area contributed by atoms with Gasteiger partial charge in [-0.3, -0.25) is 0 Å². The standard InChI is InChI=1S/C11H17NO2S/c1-7(2)5-8(3)14-11(13)10-6-15-9(4)12-10/h6-8H,5H2,1-4H3/t8-/m0/s1. The molecule has 0 bridgehead atoms. The van der Waals surface area contributed by atoms with Crippen molar-refractivity contribution in [1.29, 1.82) is 0 Å². The molecular weight excluding hydrogens is 210 g/mol. The molecule has 0 fully saturated rings. The highest BCUT2D eigenvalue weighted by molar-refractivity contribution is 7.09. The Labute approximate surface area is 94.5 Å². The van der Waals surface area contributed by atoms with E-state index in [4.69, 9.17) is 4.74 Å². The first kappa shape index (κ1) is 12.2. The van der Waals surface area contributed by atoms with Crippen LogP contribution in [0.4, 0.5) is 0 Å². The molecule has 0 unspecified atom stereocenters. The average molecular weight is 227 g/mol. The zero-order valence-corrected chi connectivity index (χ0v) is 10.4. The number of hydrogen-bond acceptors (Lipinski definition) is 4. The van der Waals surface area contributed by atoms with E-state index in [2.05, 4.69) is 18.8 Å². The van der Waals surface area contributed by atoms with Crippen molar-refractivity contribution in [3.05, 3.63) is 16.1 Å². The third-order valence-electron chi connectivity index (χ3n) is 1.94. The number of rotatable bonds is 4. The average Bonchev–Trinajstić information content (AvgIpc) is 2.49. The predicted molar refractivity (Wildman–Crippen MR) is 61.2 cm³/mol. The van der Waals surface area contributed by atoms with E-state index in [0.717, 1.165) is 11.4 Å². The molecule has 0 spiro atoms. The van der Waals surface area contributed by atoms with Crippen molar-refractivity contribution in [1.82, 2.24) is 4.98 Å². The monoisotopic (exact) mass is 227 g/mol. The van der Waals surface area contributed by atoms with E-state index in [-0.39, 0.29) is 12.1 Å². The fourth-order valence-corrected chi connectivity index (χ4v) is 1.99. The van der Waals surface area contributed by atoms with Crippen molar-refractivity contribution in [2.24, 2.45) is 5.92 Å². The van der Waals surface area contributed by atoms with E-state index < -0.39 is 0 Å². The van der Waals surface area contributed by atoms with Gasteiger partial charge in [0.25, 0.3) is 0 Å². The number of aromatic nitrogens is 1. The van der Waals surface area contributed by atoms with Gasteiger partial charge in [0.15, 0.2) is 5.69 Å². The number of thiazole rings is 1. The number of carbonyl (C=O) groups is 1. The van der Waals surface area contributed by atoms with E-state index in [1.165, 1.54) is 11.3 Å². The lowest BCUT2D eigenvalue weighted by molar-refractivity contribution is 0.0293. The summed E-state index contributed by atoms with van der Waals surface area (Å²) in [6, 6.07) is 0. The molecular formula is C11H17NO2S. The van der Waals surface area contributed by atoms with Crippen molar-refractivity contribution in [2.75, 3.05) is 0 Å². The Hall–Kier alpha value is -0.900. The van der Waals surface area contributed by atoms with E-state index >= 15 is 0 Å². The Morgan fingerprint density at radius 2 is 2.20 bits per heavy atom. The van der Waals surface area contributed by atoms with Crippen molar-refractivity contribution >= 4 is 17.3 Å². The Bertz CT molecular complexity index is 333. The van der Waals surface area contributed by atoms with Gasteiger partial charge in [-0.2, -0.15) is 0 Å². The minimum absolute atomic E-state index is 0.0421. The molecule has 4 heteroatoms. The summed E-state index contributed by atoms with van der Waals surface area (Å²) < 4.78 is 5.27. The molecule has 1 rings (SSSR count). The second-order valence-corrected chi connectivity index (χ2v) is 5.16. The number of ether oxygens (including phenoxy) is 1. The molecule has 0 aromatic carbocycles. The minimum atomic E-state index is -0.312. The van der Waals surface area contributed by atoms with Crippen LogP contribution in [0.5, 0.6) is 0 Å². The second kappa shape index (κ2) is 5.26. The van der Waals surface area contributed by atoms with E-state index in [1.54, 1.807) is 5.38 Å². The zero-order chi connectivity index (χ0) is 11.4. The molecule has 0 aliphatic rings. The minimum Gasteiger partial charge on any atom is -0.458 e. The molecule has 0 radical (unpaired) electrons. The molecule has 1 atom stereocenters. The van der Waals surface area contributed by atoms with Gasteiger partial charge in [0.2, 0.25) is 0 Å². The lowest BCUT2D eigenvalue weighted by atomic mass is 10.1. The topological polar surface area (TPSA) is 39.2 Å². The van der Waals surface area contributed by atoms with Crippen LogP contribution in [-0.2, 0) is 4.74 Å². The number of esters is 1. The fraction of sp³-hybridized carbons (Fsp3) is 0.636. The maximum atomic E-state index is 11.6. The highest BCUT2D eigenvalue weighted by Gasteiger charge is 2.15. The van der Waals surface area contributed by atoms with Gasteiger partial charge in [-0.05, 0) is 26.2 Å². The Morgan fingerprint density at radius 3 is 2.67 bits per heavy atom. The summed E-state index contributed by atoms with van der Waals surface area (Å²) in [5, 5.41) is 2.62. The maximum Gasteiger partial charge on any atom is 0.358 e. The van der Waals surface area contributed by atoms with E-state index in [1.807, 2.05) is 13.8 Å². The van der Waals surface area contributed by atoms with Crippen molar-refractivity contribution in [3.8, 4) is 0 Å².